The Hall–Kier alpha value is -2.60. The van der Waals surface area contributed by atoms with Gasteiger partial charge in [0.25, 0.3) is 0 Å². The molecule has 0 aliphatic carbocycles. The molecule has 134 valence electrons. The first-order chi connectivity index (χ1) is 12.6. The van der Waals surface area contributed by atoms with Crippen LogP contribution in [0.25, 0.3) is 5.65 Å². The van der Waals surface area contributed by atoms with Crippen LogP contribution in [-0.2, 0) is 13.0 Å². The number of hydrogen-bond donors (Lipinski definition) is 1. The molecule has 4 heterocycles. The van der Waals surface area contributed by atoms with Gasteiger partial charge in [0.1, 0.15) is 0 Å². The van der Waals surface area contributed by atoms with Crippen molar-refractivity contribution in [1.29, 1.82) is 0 Å². The predicted molar refractivity (Wildman–Crippen MR) is 97.4 cm³/mol. The number of fused-ring (bicyclic) bond motifs is 6. The lowest BCUT2D eigenvalue weighted by atomic mass is 9.98. The van der Waals surface area contributed by atoms with E-state index in [2.05, 4.69) is 15.0 Å². The van der Waals surface area contributed by atoms with Gasteiger partial charge in [-0.15, -0.1) is 0 Å². The van der Waals surface area contributed by atoms with E-state index in [1.165, 1.54) is 17.7 Å². The van der Waals surface area contributed by atoms with Gasteiger partial charge in [0, 0.05) is 42.9 Å². The summed E-state index contributed by atoms with van der Waals surface area (Å²) in [5, 5.41) is 14.7. The standard InChI is InChI=1S/C20H22N4O2/c1-12-7-20-21-10-15-16-5-4-14(9-17(15)24(20)22-12)23(16)11-13-3-6-19(26-2)18(25)8-13/h3,6-8,10,14,16,25H,4-5,9,11H2,1-2H3/t14-,16-/m0/s1. The second kappa shape index (κ2) is 5.71. The molecule has 0 amide bonds. The van der Waals surface area contributed by atoms with Crippen LogP contribution in [0.5, 0.6) is 11.5 Å². The lowest BCUT2D eigenvalue weighted by Gasteiger charge is -2.36. The van der Waals surface area contributed by atoms with E-state index in [1.807, 2.05) is 41.9 Å². The Morgan fingerprint density at radius 1 is 1.27 bits per heavy atom. The number of nitrogens with zero attached hydrogens (tertiary/aromatic N) is 4. The number of aromatic nitrogens is 3. The molecule has 2 aromatic heterocycles. The highest BCUT2D eigenvalue weighted by molar-refractivity contribution is 5.45. The molecule has 5 rings (SSSR count). The molecule has 3 aromatic rings. The van der Waals surface area contributed by atoms with E-state index in [4.69, 9.17) is 4.74 Å². The monoisotopic (exact) mass is 350 g/mol. The fraction of sp³-hybridized carbons (Fsp3) is 0.400. The van der Waals surface area contributed by atoms with E-state index < -0.39 is 0 Å². The van der Waals surface area contributed by atoms with Gasteiger partial charge in [-0.1, -0.05) is 6.07 Å². The number of phenols is 1. The Kier molecular flexibility index (Phi) is 3.43. The molecule has 6 heteroatoms. The summed E-state index contributed by atoms with van der Waals surface area (Å²) in [4.78, 5) is 7.18. The SMILES string of the molecule is COc1ccc(CN2[C@H]3CC[C@H]2c2cnc4cc(C)nn4c2C3)cc1O. The second-order valence-electron chi connectivity index (χ2n) is 7.35. The van der Waals surface area contributed by atoms with Gasteiger partial charge in [-0.25, -0.2) is 9.50 Å². The summed E-state index contributed by atoms with van der Waals surface area (Å²) < 4.78 is 7.19. The third-order valence-corrected chi connectivity index (χ3v) is 5.78. The summed E-state index contributed by atoms with van der Waals surface area (Å²) in [7, 11) is 1.57. The molecule has 26 heavy (non-hydrogen) atoms. The maximum atomic E-state index is 10.1. The molecule has 2 bridgehead atoms. The zero-order valence-electron chi connectivity index (χ0n) is 15.0. The summed E-state index contributed by atoms with van der Waals surface area (Å²) in [5.74, 6) is 0.714. The van der Waals surface area contributed by atoms with Crippen molar-refractivity contribution in [3.05, 3.63) is 53.0 Å². The molecule has 0 saturated carbocycles. The molecule has 2 aliphatic rings. The first kappa shape index (κ1) is 15.6. The van der Waals surface area contributed by atoms with Crippen molar-refractivity contribution in [2.24, 2.45) is 0 Å². The molecule has 0 unspecified atom stereocenters. The molecule has 2 atom stereocenters. The molecule has 6 nitrogen and oxygen atoms in total. The van der Waals surface area contributed by atoms with Crippen molar-refractivity contribution in [2.45, 2.75) is 44.8 Å². The Bertz CT molecular complexity index is 997. The molecule has 1 N–H and O–H groups in total. The normalized spacial score (nSPS) is 21.9. The van der Waals surface area contributed by atoms with E-state index in [0.29, 0.717) is 17.8 Å². The minimum atomic E-state index is 0.199. The molecule has 1 fully saturated rings. The Labute approximate surface area is 152 Å². The van der Waals surface area contributed by atoms with Crippen LogP contribution in [0.15, 0.2) is 30.5 Å². The van der Waals surface area contributed by atoms with Crippen LogP contribution in [0.4, 0.5) is 0 Å². The third-order valence-electron chi connectivity index (χ3n) is 5.78. The molecule has 0 spiro atoms. The maximum absolute atomic E-state index is 10.1. The van der Waals surface area contributed by atoms with E-state index >= 15 is 0 Å². The highest BCUT2D eigenvalue weighted by atomic mass is 16.5. The molecule has 2 aliphatic heterocycles. The van der Waals surface area contributed by atoms with Crippen LogP contribution in [0.3, 0.4) is 0 Å². The third kappa shape index (κ3) is 2.29. The van der Waals surface area contributed by atoms with Gasteiger partial charge in [0.2, 0.25) is 0 Å². The Balaban J connectivity index is 1.49. The highest BCUT2D eigenvalue weighted by Gasteiger charge is 2.41. The van der Waals surface area contributed by atoms with Crippen LogP contribution in [0, 0.1) is 6.92 Å². The fourth-order valence-electron chi connectivity index (χ4n) is 4.59. The van der Waals surface area contributed by atoms with E-state index in [9.17, 15) is 5.11 Å². The molecular formula is C20H22N4O2. The quantitative estimate of drug-likeness (QED) is 0.787. The largest absolute Gasteiger partial charge is 0.504 e. The van der Waals surface area contributed by atoms with Gasteiger partial charge in [0.05, 0.1) is 18.5 Å². The topological polar surface area (TPSA) is 62.9 Å². The van der Waals surface area contributed by atoms with Crippen molar-refractivity contribution >= 4 is 5.65 Å². The Morgan fingerprint density at radius 2 is 2.15 bits per heavy atom. The summed E-state index contributed by atoms with van der Waals surface area (Å²) in [6.45, 7) is 2.84. The smallest absolute Gasteiger partial charge is 0.160 e. The zero-order valence-corrected chi connectivity index (χ0v) is 15.0. The minimum Gasteiger partial charge on any atom is -0.504 e. The van der Waals surface area contributed by atoms with E-state index in [-0.39, 0.29) is 5.75 Å². The van der Waals surface area contributed by atoms with Crippen molar-refractivity contribution in [3.8, 4) is 11.5 Å². The van der Waals surface area contributed by atoms with Crippen molar-refractivity contribution in [1.82, 2.24) is 19.5 Å². The first-order valence-corrected chi connectivity index (χ1v) is 9.10. The average molecular weight is 350 g/mol. The van der Waals surface area contributed by atoms with Gasteiger partial charge in [0.15, 0.2) is 17.1 Å². The summed E-state index contributed by atoms with van der Waals surface area (Å²) >= 11 is 0. The van der Waals surface area contributed by atoms with Gasteiger partial charge in [-0.05, 0) is 37.5 Å². The average Bonchev–Trinajstić information content (AvgIpc) is 3.13. The number of aromatic hydroxyl groups is 1. The molecule has 0 radical (unpaired) electrons. The zero-order chi connectivity index (χ0) is 17.8. The van der Waals surface area contributed by atoms with Gasteiger partial charge in [-0.3, -0.25) is 4.90 Å². The van der Waals surface area contributed by atoms with Crippen LogP contribution < -0.4 is 4.74 Å². The minimum absolute atomic E-state index is 0.199. The number of hydrogen-bond acceptors (Lipinski definition) is 5. The number of rotatable bonds is 3. The second-order valence-corrected chi connectivity index (χ2v) is 7.35. The first-order valence-electron chi connectivity index (χ1n) is 9.10. The lowest BCUT2D eigenvalue weighted by molar-refractivity contribution is 0.165. The molecule has 1 saturated heterocycles. The van der Waals surface area contributed by atoms with Crippen LogP contribution >= 0.6 is 0 Å². The van der Waals surface area contributed by atoms with Crippen molar-refractivity contribution in [2.75, 3.05) is 7.11 Å². The number of aryl methyl sites for hydroxylation is 1. The number of ether oxygens (including phenoxy) is 1. The maximum Gasteiger partial charge on any atom is 0.160 e. The fourth-order valence-corrected chi connectivity index (χ4v) is 4.59. The number of benzene rings is 1. The van der Waals surface area contributed by atoms with Gasteiger partial charge < -0.3 is 9.84 Å². The van der Waals surface area contributed by atoms with Crippen LogP contribution in [-0.4, -0.2) is 37.8 Å². The van der Waals surface area contributed by atoms with E-state index in [0.717, 1.165) is 36.3 Å². The molecular weight excluding hydrogens is 328 g/mol. The predicted octanol–water partition coefficient (Wildman–Crippen LogP) is 3.01. The van der Waals surface area contributed by atoms with E-state index in [1.54, 1.807) is 7.11 Å². The Morgan fingerprint density at radius 3 is 2.96 bits per heavy atom. The van der Waals surface area contributed by atoms with Crippen LogP contribution in [0.1, 0.15) is 41.4 Å². The molecule has 1 aromatic carbocycles. The van der Waals surface area contributed by atoms with Gasteiger partial charge >= 0.3 is 0 Å². The lowest BCUT2D eigenvalue weighted by Crippen LogP contribution is -2.38. The van der Waals surface area contributed by atoms with Crippen LogP contribution in [0.2, 0.25) is 0 Å². The summed E-state index contributed by atoms with van der Waals surface area (Å²) in [6, 6.07) is 8.59. The van der Waals surface area contributed by atoms with Gasteiger partial charge in [-0.2, -0.15) is 5.10 Å². The van der Waals surface area contributed by atoms with Crippen molar-refractivity contribution in [3.63, 3.8) is 0 Å². The number of phenolic OH excluding ortho intramolecular Hbond substituents is 1. The summed E-state index contributed by atoms with van der Waals surface area (Å²) in [5.41, 5.74) is 5.66. The highest BCUT2D eigenvalue weighted by Crippen LogP contribution is 2.44. The summed E-state index contributed by atoms with van der Waals surface area (Å²) in [6.07, 6.45) is 5.36. The van der Waals surface area contributed by atoms with Crippen molar-refractivity contribution < 1.29 is 9.84 Å². The number of methoxy groups -OCH3 is 1.